The molecule has 7 nitrogen and oxygen atoms in total. The topological polar surface area (TPSA) is 78.5 Å². The zero-order valence-corrected chi connectivity index (χ0v) is 16.8. The third-order valence-corrected chi connectivity index (χ3v) is 5.31. The highest BCUT2D eigenvalue weighted by Gasteiger charge is 2.37. The second-order valence-electron chi connectivity index (χ2n) is 8.92. The summed E-state index contributed by atoms with van der Waals surface area (Å²) in [5.41, 5.74) is 0.965. The number of pyridine rings is 2. The van der Waals surface area contributed by atoms with E-state index in [9.17, 15) is 9.59 Å². The molecule has 1 saturated carbocycles. The number of hydrogen-bond acceptors (Lipinski definition) is 5. The van der Waals surface area contributed by atoms with E-state index in [-0.39, 0.29) is 17.7 Å². The summed E-state index contributed by atoms with van der Waals surface area (Å²) in [4.78, 5) is 35.6. The SMILES string of the molecule is CC(C)(C)OC(=O)N(CC1CC1)[C@@H]1CCN(c2cnc3[nH]c(=O)ccc3c2)C1. The fourth-order valence-electron chi connectivity index (χ4n) is 3.70. The molecule has 0 unspecified atom stereocenters. The smallest absolute Gasteiger partial charge is 0.410 e. The van der Waals surface area contributed by atoms with Crippen LogP contribution < -0.4 is 10.5 Å². The van der Waals surface area contributed by atoms with Gasteiger partial charge >= 0.3 is 6.09 Å². The van der Waals surface area contributed by atoms with Gasteiger partial charge in [-0.2, -0.15) is 0 Å². The van der Waals surface area contributed by atoms with Crippen LogP contribution in [0.5, 0.6) is 0 Å². The summed E-state index contributed by atoms with van der Waals surface area (Å²) in [5.74, 6) is 0.612. The minimum absolute atomic E-state index is 0.140. The number of anilines is 1. The van der Waals surface area contributed by atoms with Crippen molar-refractivity contribution in [1.82, 2.24) is 14.9 Å². The van der Waals surface area contributed by atoms with Gasteiger partial charge in [0.25, 0.3) is 0 Å². The zero-order valence-electron chi connectivity index (χ0n) is 16.8. The van der Waals surface area contributed by atoms with Gasteiger partial charge in [-0.1, -0.05) is 0 Å². The molecule has 0 bridgehead atoms. The molecule has 0 aromatic carbocycles. The van der Waals surface area contributed by atoms with Gasteiger partial charge in [-0.25, -0.2) is 9.78 Å². The molecule has 0 spiro atoms. The molecule has 1 aliphatic heterocycles. The van der Waals surface area contributed by atoms with Crippen molar-refractivity contribution in [3.63, 3.8) is 0 Å². The minimum atomic E-state index is -0.490. The van der Waals surface area contributed by atoms with Gasteiger partial charge < -0.3 is 19.5 Å². The number of aromatic nitrogens is 2. The average Bonchev–Trinajstić information content (AvgIpc) is 3.32. The maximum Gasteiger partial charge on any atom is 0.410 e. The molecule has 2 aromatic rings. The van der Waals surface area contributed by atoms with Crippen LogP contribution in [0.3, 0.4) is 0 Å². The Morgan fingerprint density at radius 2 is 2.11 bits per heavy atom. The number of ether oxygens (including phenoxy) is 1. The monoisotopic (exact) mass is 384 g/mol. The number of nitrogens with zero attached hydrogens (tertiary/aromatic N) is 3. The summed E-state index contributed by atoms with van der Waals surface area (Å²) < 4.78 is 5.67. The van der Waals surface area contributed by atoms with Gasteiger partial charge in [0.15, 0.2) is 0 Å². The minimum Gasteiger partial charge on any atom is -0.444 e. The predicted molar refractivity (Wildman–Crippen MR) is 109 cm³/mol. The van der Waals surface area contributed by atoms with Gasteiger partial charge in [0.1, 0.15) is 11.2 Å². The number of H-pyrrole nitrogens is 1. The van der Waals surface area contributed by atoms with Crippen molar-refractivity contribution in [2.45, 2.75) is 51.7 Å². The second kappa shape index (κ2) is 7.11. The molecule has 0 radical (unpaired) electrons. The van der Waals surface area contributed by atoms with Gasteiger partial charge in [0, 0.05) is 31.1 Å². The van der Waals surface area contributed by atoms with E-state index >= 15 is 0 Å². The third kappa shape index (κ3) is 4.29. The molecule has 1 amide bonds. The van der Waals surface area contributed by atoms with Crippen molar-refractivity contribution in [2.75, 3.05) is 24.5 Å². The Hall–Kier alpha value is -2.57. The second-order valence-corrected chi connectivity index (χ2v) is 8.92. The molecule has 2 aliphatic rings. The molecule has 150 valence electrons. The molecule has 1 aliphatic carbocycles. The number of aromatic amines is 1. The lowest BCUT2D eigenvalue weighted by Crippen LogP contribution is -2.45. The summed E-state index contributed by atoms with van der Waals surface area (Å²) in [6, 6.07) is 5.49. The van der Waals surface area contributed by atoms with E-state index in [2.05, 4.69) is 14.9 Å². The molecular weight excluding hydrogens is 356 g/mol. The first-order valence-corrected chi connectivity index (χ1v) is 10.0. The molecule has 28 heavy (non-hydrogen) atoms. The van der Waals surface area contributed by atoms with E-state index in [1.807, 2.05) is 31.7 Å². The first-order valence-electron chi connectivity index (χ1n) is 10.0. The first kappa shape index (κ1) is 18.8. The molecule has 4 rings (SSSR count). The molecule has 1 saturated heterocycles. The van der Waals surface area contributed by atoms with Crippen LogP contribution in [0.1, 0.15) is 40.0 Å². The molecule has 2 fully saturated rings. The van der Waals surface area contributed by atoms with E-state index in [1.54, 1.807) is 12.3 Å². The molecular formula is C21H28N4O3. The van der Waals surface area contributed by atoms with Crippen LogP contribution in [0.2, 0.25) is 0 Å². The Labute approximate surface area is 164 Å². The Morgan fingerprint density at radius 3 is 2.82 bits per heavy atom. The highest BCUT2D eigenvalue weighted by atomic mass is 16.6. The average molecular weight is 384 g/mol. The number of rotatable bonds is 4. The van der Waals surface area contributed by atoms with Crippen molar-refractivity contribution in [2.24, 2.45) is 5.92 Å². The van der Waals surface area contributed by atoms with E-state index in [4.69, 9.17) is 4.74 Å². The Kier molecular flexibility index (Phi) is 4.77. The van der Waals surface area contributed by atoms with Gasteiger partial charge in [0.05, 0.1) is 17.9 Å². The molecule has 1 atom stereocenters. The number of carbonyl (C=O) groups excluding carboxylic acids is 1. The Balaban J connectivity index is 1.50. The maximum atomic E-state index is 12.8. The van der Waals surface area contributed by atoms with Crippen LogP contribution in [-0.4, -0.2) is 52.2 Å². The third-order valence-electron chi connectivity index (χ3n) is 5.31. The fraction of sp³-hybridized carbons (Fsp3) is 0.571. The lowest BCUT2D eigenvalue weighted by atomic mass is 10.2. The predicted octanol–water partition coefficient (Wildman–Crippen LogP) is 3.15. The van der Waals surface area contributed by atoms with Crippen molar-refractivity contribution < 1.29 is 9.53 Å². The molecule has 1 N–H and O–H groups in total. The number of nitrogens with one attached hydrogen (secondary N) is 1. The number of hydrogen-bond donors (Lipinski definition) is 1. The van der Waals surface area contributed by atoms with Crippen molar-refractivity contribution >= 4 is 22.8 Å². The lowest BCUT2D eigenvalue weighted by molar-refractivity contribution is 0.0167. The normalized spacial score (nSPS) is 19.8. The number of fused-ring (bicyclic) bond motifs is 1. The van der Waals surface area contributed by atoms with Gasteiger partial charge in [-0.15, -0.1) is 0 Å². The van der Waals surface area contributed by atoms with Crippen LogP contribution in [0, 0.1) is 5.92 Å². The molecule has 3 heterocycles. The largest absolute Gasteiger partial charge is 0.444 e. The quantitative estimate of drug-likeness (QED) is 0.876. The van der Waals surface area contributed by atoms with Crippen molar-refractivity contribution in [3.05, 3.63) is 34.7 Å². The molecule has 2 aromatic heterocycles. The highest BCUT2D eigenvalue weighted by Crippen LogP contribution is 2.33. The van der Waals surface area contributed by atoms with E-state index in [0.29, 0.717) is 11.6 Å². The summed E-state index contributed by atoms with van der Waals surface area (Å²) in [7, 11) is 0. The lowest BCUT2D eigenvalue weighted by Gasteiger charge is -2.32. The number of amides is 1. The van der Waals surface area contributed by atoms with Crippen molar-refractivity contribution in [3.8, 4) is 0 Å². The van der Waals surface area contributed by atoms with Crippen LogP contribution in [-0.2, 0) is 4.74 Å². The van der Waals surface area contributed by atoms with Crippen LogP contribution in [0.4, 0.5) is 10.5 Å². The summed E-state index contributed by atoms with van der Waals surface area (Å²) in [5, 5.41) is 0.905. The summed E-state index contributed by atoms with van der Waals surface area (Å²) in [6.07, 6.45) is 4.89. The summed E-state index contributed by atoms with van der Waals surface area (Å²) in [6.45, 7) is 8.14. The maximum absolute atomic E-state index is 12.8. The molecule has 7 heteroatoms. The Morgan fingerprint density at radius 1 is 1.32 bits per heavy atom. The van der Waals surface area contributed by atoms with Gasteiger partial charge in [0.2, 0.25) is 5.56 Å². The highest BCUT2D eigenvalue weighted by molar-refractivity contribution is 5.78. The Bertz CT molecular complexity index is 929. The standard InChI is InChI=1S/C21H28N4O3/c1-21(2,3)28-20(27)25(12-14-4-5-14)16-8-9-24(13-16)17-10-15-6-7-18(26)23-19(15)22-11-17/h6-7,10-11,14,16H,4-5,8-9,12-13H2,1-3H3,(H,22,23,26)/t16-/m1/s1. The van der Waals surface area contributed by atoms with Gasteiger partial charge in [-0.3, -0.25) is 4.79 Å². The van der Waals surface area contributed by atoms with E-state index in [1.165, 1.54) is 18.9 Å². The van der Waals surface area contributed by atoms with Crippen molar-refractivity contribution in [1.29, 1.82) is 0 Å². The van der Waals surface area contributed by atoms with Crippen LogP contribution >= 0.6 is 0 Å². The fourth-order valence-corrected chi connectivity index (χ4v) is 3.70. The number of carbonyl (C=O) groups is 1. The van der Waals surface area contributed by atoms with Crippen LogP contribution in [0.15, 0.2) is 29.2 Å². The van der Waals surface area contributed by atoms with E-state index in [0.717, 1.165) is 37.1 Å². The summed E-state index contributed by atoms with van der Waals surface area (Å²) >= 11 is 0. The first-order chi connectivity index (χ1) is 13.3. The van der Waals surface area contributed by atoms with E-state index < -0.39 is 5.60 Å². The van der Waals surface area contributed by atoms with Gasteiger partial charge in [-0.05, 0) is 58.1 Å². The zero-order chi connectivity index (χ0) is 19.9. The van der Waals surface area contributed by atoms with Crippen LogP contribution in [0.25, 0.3) is 11.0 Å².